The number of carboxylic acid groups (broad SMARTS) is 1. The van der Waals surface area contributed by atoms with Crippen molar-refractivity contribution >= 4 is 14.4 Å². The molecule has 0 aromatic carbocycles. The number of likely N-dealkylation sites (tertiary alicyclic amines) is 1. The Morgan fingerprint density at radius 2 is 1.79 bits per heavy atom. The van der Waals surface area contributed by atoms with Crippen LogP contribution in [0.5, 0.6) is 0 Å². The molecular formula is C18H35NO4Si. The molecule has 0 saturated carbocycles. The van der Waals surface area contributed by atoms with Crippen molar-refractivity contribution < 1.29 is 19.1 Å². The molecule has 0 aromatic rings. The van der Waals surface area contributed by atoms with Gasteiger partial charge in [0, 0.05) is 13.0 Å². The van der Waals surface area contributed by atoms with E-state index in [0.29, 0.717) is 13.0 Å². The Morgan fingerprint density at radius 3 is 2.17 bits per heavy atom. The molecule has 6 heteroatoms. The summed E-state index contributed by atoms with van der Waals surface area (Å²) in [5, 5.41) is 9.89. The highest BCUT2D eigenvalue weighted by atomic mass is 28.4. The minimum absolute atomic E-state index is 0.0937. The van der Waals surface area contributed by atoms with Crippen molar-refractivity contribution in [1.82, 2.24) is 4.90 Å². The van der Waals surface area contributed by atoms with E-state index in [-0.39, 0.29) is 16.6 Å². The highest BCUT2D eigenvalue weighted by molar-refractivity contribution is 6.74. The fraction of sp³-hybridized carbons (Fsp3) is 0.833. The zero-order chi connectivity index (χ0) is 19.0. The van der Waals surface area contributed by atoms with Gasteiger partial charge in [-0.1, -0.05) is 41.5 Å². The van der Waals surface area contributed by atoms with Crippen molar-refractivity contribution in [2.45, 2.75) is 77.7 Å². The lowest BCUT2D eigenvalue weighted by Gasteiger charge is -2.44. The molecule has 140 valence electrons. The summed E-state index contributed by atoms with van der Waals surface area (Å²) in [6.07, 6.45) is 3.12. The van der Waals surface area contributed by atoms with E-state index in [9.17, 15) is 9.90 Å². The largest absolute Gasteiger partial charge is 0.505 e. The Morgan fingerprint density at radius 1 is 1.25 bits per heavy atom. The summed E-state index contributed by atoms with van der Waals surface area (Å²) >= 11 is 0. The van der Waals surface area contributed by atoms with Crippen LogP contribution in [-0.4, -0.2) is 49.7 Å². The first-order valence-corrected chi connectivity index (χ1v) is 11.5. The van der Waals surface area contributed by atoms with Crippen molar-refractivity contribution in [2.24, 2.45) is 5.41 Å². The van der Waals surface area contributed by atoms with Gasteiger partial charge in [-0.3, -0.25) is 4.90 Å². The molecule has 0 spiro atoms. The second-order valence-corrected chi connectivity index (χ2v) is 14.1. The van der Waals surface area contributed by atoms with Crippen LogP contribution in [0, 0.1) is 5.41 Å². The molecule has 0 bridgehead atoms. The fourth-order valence-electron chi connectivity index (χ4n) is 3.11. The number of nitrogens with zero attached hydrogens (tertiary/aromatic N) is 1. The first-order valence-electron chi connectivity index (χ1n) is 8.57. The number of hydrogen-bond acceptors (Lipinski definition) is 3. The summed E-state index contributed by atoms with van der Waals surface area (Å²) in [6.45, 7) is 17.6. The summed E-state index contributed by atoms with van der Waals surface area (Å²) in [4.78, 5) is 13.5. The lowest BCUT2D eigenvalue weighted by atomic mass is 9.71. The molecule has 1 aliphatic rings. The van der Waals surface area contributed by atoms with Gasteiger partial charge in [-0.05, 0) is 29.6 Å². The van der Waals surface area contributed by atoms with Gasteiger partial charge in [0.25, 0.3) is 0 Å². The van der Waals surface area contributed by atoms with Gasteiger partial charge in [0.1, 0.15) is 0 Å². The van der Waals surface area contributed by atoms with Crippen LogP contribution in [0.4, 0.5) is 4.79 Å². The van der Waals surface area contributed by atoms with E-state index in [1.54, 1.807) is 13.4 Å². The predicted molar refractivity (Wildman–Crippen MR) is 99.8 cm³/mol. The van der Waals surface area contributed by atoms with E-state index in [2.05, 4.69) is 54.6 Å². The van der Waals surface area contributed by atoms with Crippen molar-refractivity contribution in [2.75, 3.05) is 13.7 Å². The maximum Gasteiger partial charge on any atom is 0.408 e. The van der Waals surface area contributed by atoms with Crippen LogP contribution in [-0.2, 0) is 9.16 Å². The van der Waals surface area contributed by atoms with Crippen molar-refractivity contribution in [1.29, 1.82) is 0 Å². The molecule has 0 radical (unpaired) electrons. The van der Waals surface area contributed by atoms with Gasteiger partial charge in [-0.15, -0.1) is 0 Å². The zero-order valence-corrected chi connectivity index (χ0v) is 17.8. The molecule has 0 aromatic heterocycles. The van der Waals surface area contributed by atoms with Crippen LogP contribution in [0.15, 0.2) is 12.3 Å². The Balaban J connectivity index is 3.22. The van der Waals surface area contributed by atoms with E-state index in [4.69, 9.17) is 9.16 Å². The number of methoxy groups -OCH3 is 1. The summed E-state index contributed by atoms with van der Waals surface area (Å²) in [5.41, 5.74) is -0.909. The van der Waals surface area contributed by atoms with Crippen molar-refractivity contribution in [3.8, 4) is 0 Å². The number of ether oxygens (including phenoxy) is 1. The lowest BCUT2D eigenvalue weighted by Crippen LogP contribution is -2.53. The molecular weight excluding hydrogens is 322 g/mol. The molecule has 0 aliphatic carbocycles. The maximum atomic E-state index is 11.9. The maximum absolute atomic E-state index is 11.9. The van der Waals surface area contributed by atoms with Gasteiger partial charge in [0.05, 0.1) is 25.0 Å². The first-order chi connectivity index (χ1) is 10.7. The van der Waals surface area contributed by atoms with Gasteiger partial charge in [-0.2, -0.15) is 0 Å². The monoisotopic (exact) mass is 357 g/mol. The van der Waals surface area contributed by atoms with E-state index in [1.807, 2.05) is 6.08 Å². The van der Waals surface area contributed by atoms with Crippen molar-refractivity contribution in [3.63, 3.8) is 0 Å². The normalized spacial score (nSPS) is 26.2. The third-order valence-electron chi connectivity index (χ3n) is 5.68. The smallest absolute Gasteiger partial charge is 0.408 e. The summed E-state index contributed by atoms with van der Waals surface area (Å²) in [5.74, 6) is 0. The molecule has 24 heavy (non-hydrogen) atoms. The number of hydrogen-bond donors (Lipinski definition) is 1. The molecule has 1 fully saturated rings. The van der Waals surface area contributed by atoms with Crippen LogP contribution in [0.3, 0.4) is 0 Å². The standard InChI is InChI=1S/C18H35NO4Si/c1-16(2,3)18(10-11-22-7)12-14(13-19(18)15(20)21)23-24(8,9)17(4,5)6/h10-11,14H,12-13H2,1-9H3,(H,20,21)/t14-,18?/m1/s1. The lowest BCUT2D eigenvalue weighted by molar-refractivity contribution is 0.0624. The molecule has 1 rings (SSSR count). The second kappa shape index (κ2) is 6.71. The number of rotatable bonds is 4. The van der Waals surface area contributed by atoms with Gasteiger partial charge >= 0.3 is 6.09 Å². The average Bonchev–Trinajstić information content (AvgIpc) is 2.73. The molecule has 1 unspecified atom stereocenters. The molecule has 2 atom stereocenters. The first kappa shape index (κ1) is 21.0. The van der Waals surface area contributed by atoms with Crippen molar-refractivity contribution in [3.05, 3.63) is 12.3 Å². The molecule has 1 saturated heterocycles. The number of amides is 1. The summed E-state index contributed by atoms with van der Waals surface area (Å²) < 4.78 is 11.6. The summed E-state index contributed by atoms with van der Waals surface area (Å²) in [6, 6.07) is 0. The quantitative estimate of drug-likeness (QED) is 0.585. The van der Waals surface area contributed by atoms with Crippen LogP contribution >= 0.6 is 0 Å². The Kier molecular flexibility index (Phi) is 5.88. The predicted octanol–water partition coefficient (Wildman–Crippen LogP) is 4.71. The minimum Gasteiger partial charge on any atom is -0.505 e. The van der Waals surface area contributed by atoms with E-state index in [1.165, 1.54) is 4.90 Å². The highest BCUT2D eigenvalue weighted by Gasteiger charge is 2.55. The van der Waals surface area contributed by atoms with Gasteiger partial charge in [0.2, 0.25) is 0 Å². The van der Waals surface area contributed by atoms with Crippen LogP contribution < -0.4 is 0 Å². The Labute approximate surface area is 148 Å². The van der Waals surface area contributed by atoms with Gasteiger partial charge in [-0.25, -0.2) is 4.79 Å². The zero-order valence-electron chi connectivity index (χ0n) is 16.8. The van der Waals surface area contributed by atoms with Gasteiger partial charge in [0.15, 0.2) is 8.32 Å². The van der Waals surface area contributed by atoms with Crippen LogP contribution in [0.1, 0.15) is 48.0 Å². The number of carbonyl (C=O) groups is 1. The van der Waals surface area contributed by atoms with E-state index >= 15 is 0 Å². The highest BCUT2D eigenvalue weighted by Crippen LogP contribution is 2.47. The minimum atomic E-state index is -1.96. The van der Waals surface area contributed by atoms with Crippen LogP contribution in [0.25, 0.3) is 0 Å². The van der Waals surface area contributed by atoms with E-state index in [0.717, 1.165) is 0 Å². The van der Waals surface area contributed by atoms with Crippen LogP contribution in [0.2, 0.25) is 18.1 Å². The Bertz CT molecular complexity index is 490. The Hall–Kier alpha value is -1.01. The average molecular weight is 358 g/mol. The third-order valence-corrected chi connectivity index (χ3v) is 10.2. The molecule has 1 N–H and O–H groups in total. The molecule has 5 nitrogen and oxygen atoms in total. The fourth-order valence-corrected chi connectivity index (χ4v) is 4.45. The molecule has 1 heterocycles. The SMILES string of the molecule is COC=CC1(C(C)(C)C)C[C@@H](O[Si](C)(C)C(C)(C)C)CN1C(=O)O. The third kappa shape index (κ3) is 3.96. The topological polar surface area (TPSA) is 59.0 Å². The molecule has 1 amide bonds. The summed E-state index contributed by atoms with van der Waals surface area (Å²) in [7, 11) is -0.382. The van der Waals surface area contributed by atoms with Gasteiger partial charge < -0.3 is 14.3 Å². The van der Waals surface area contributed by atoms with E-state index < -0.39 is 19.9 Å². The second-order valence-electron chi connectivity index (χ2n) is 9.31. The molecule has 1 aliphatic heterocycles.